The Kier molecular flexibility index (Phi) is 10.9. The van der Waals surface area contributed by atoms with Crippen LogP contribution < -0.4 is 15.4 Å². The first-order valence-electron chi connectivity index (χ1n) is 9.33. The highest BCUT2D eigenvalue weighted by Crippen LogP contribution is 2.21. The van der Waals surface area contributed by atoms with Crippen LogP contribution in [0.2, 0.25) is 0 Å². The minimum Gasteiger partial charge on any atom is -0.497 e. The van der Waals surface area contributed by atoms with E-state index in [0.717, 1.165) is 44.1 Å². The van der Waals surface area contributed by atoms with Gasteiger partial charge in [-0.2, -0.15) is 0 Å². The molecule has 0 radical (unpaired) electrons. The second-order valence-electron chi connectivity index (χ2n) is 6.18. The third kappa shape index (κ3) is 8.74. The summed E-state index contributed by atoms with van der Waals surface area (Å²) in [5.41, 5.74) is 1.30. The average Bonchev–Trinajstić information content (AvgIpc) is 2.67. The first kappa shape index (κ1) is 21.8. The molecule has 0 aliphatic carbocycles. The van der Waals surface area contributed by atoms with Crippen LogP contribution in [0.15, 0.2) is 29.3 Å². The Morgan fingerprint density at radius 3 is 2.50 bits per heavy atom. The Bertz CT molecular complexity index is 544. The van der Waals surface area contributed by atoms with E-state index in [-0.39, 0.29) is 5.97 Å². The van der Waals surface area contributed by atoms with Crippen molar-refractivity contribution in [2.24, 2.45) is 4.99 Å². The van der Waals surface area contributed by atoms with E-state index in [1.165, 1.54) is 12.7 Å². The van der Waals surface area contributed by atoms with Crippen molar-refractivity contribution >= 4 is 11.9 Å². The molecule has 0 saturated heterocycles. The van der Waals surface area contributed by atoms with Crippen LogP contribution in [0.5, 0.6) is 5.75 Å². The molecule has 6 nitrogen and oxygen atoms in total. The number of guanidine groups is 1. The van der Waals surface area contributed by atoms with Gasteiger partial charge < -0.3 is 20.1 Å². The lowest BCUT2D eigenvalue weighted by Gasteiger charge is -2.15. The highest BCUT2D eigenvalue weighted by atomic mass is 16.5. The number of carbonyl (C=O) groups is 1. The average molecular weight is 364 g/mol. The van der Waals surface area contributed by atoms with Crippen molar-refractivity contribution in [3.8, 4) is 5.75 Å². The molecule has 0 spiro atoms. The molecule has 0 heterocycles. The van der Waals surface area contributed by atoms with Gasteiger partial charge >= 0.3 is 5.97 Å². The van der Waals surface area contributed by atoms with Gasteiger partial charge in [0.15, 0.2) is 5.96 Å². The van der Waals surface area contributed by atoms with E-state index >= 15 is 0 Å². The summed E-state index contributed by atoms with van der Waals surface area (Å²) < 4.78 is 9.84. The Morgan fingerprint density at radius 1 is 1.15 bits per heavy atom. The highest BCUT2D eigenvalue weighted by Gasteiger charge is 2.06. The molecule has 0 saturated carbocycles. The lowest BCUT2D eigenvalue weighted by molar-refractivity contribution is -0.140. The van der Waals surface area contributed by atoms with Crippen molar-refractivity contribution in [3.05, 3.63) is 29.8 Å². The second kappa shape index (κ2) is 13.0. The number of nitrogens with one attached hydrogen (secondary N) is 2. The van der Waals surface area contributed by atoms with Gasteiger partial charge in [-0.25, -0.2) is 0 Å². The Balaban J connectivity index is 2.34. The second-order valence-corrected chi connectivity index (χ2v) is 6.18. The molecule has 1 rings (SSSR count). The molecule has 6 heteroatoms. The number of hydrogen-bond donors (Lipinski definition) is 2. The molecule has 146 valence electrons. The molecular weight excluding hydrogens is 330 g/mol. The third-order valence-corrected chi connectivity index (χ3v) is 4.19. The number of hydrogen-bond acceptors (Lipinski definition) is 4. The molecule has 0 amide bonds. The fourth-order valence-electron chi connectivity index (χ4n) is 2.52. The maximum Gasteiger partial charge on any atom is 0.305 e. The van der Waals surface area contributed by atoms with Gasteiger partial charge in [0.2, 0.25) is 0 Å². The van der Waals surface area contributed by atoms with E-state index in [0.29, 0.717) is 18.9 Å². The normalized spacial score (nSPS) is 12.4. The number of benzene rings is 1. The number of methoxy groups -OCH3 is 2. The number of carbonyl (C=O) groups excluding carboxylic acids is 1. The quantitative estimate of drug-likeness (QED) is 0.274. The van der Waals surface area contributed by atoms with Crippen molar-refractivity contribution in [3.63, 3.8) is 0 Å². The number of esters is 1. The summed E-state index contributed by atoms with van der Waals surface area (Å²) in [4.78, 5) is 15.6. The minimum absolute atomic E-state index is 0.161. The first-order valence-corrected chi connectivity index (χ1v) is 9.33. The smallest absolute Gasteiger partial charge is 0.305 e. The van der Waals surface area contributed by atoms with Gasteiger partial charge in [0.1, 0.15) is 5.75 Å². The first-order chi connectivity index (χ1) is 12.6. The number of nitrogens with zero attached hydrogens (tertiary/aromatic N) is 1. The lowest BCUT2D eigenvalue weighted by Crippen LogP contribution is -2.38. The summed E-state index contributed by atoms with van der Waals surface area (Å²) in [6, 6.07) is 8.23. The topological polar surface area (TPSA) is 72.0 Å². The molecule has 1 atom stereocenters. The Labute approximate surface area is 157 Å². The number of ether oxygens (including phenoxy) is 2. The van der Waals surface area contributed by atoms with E-state index in [2.05, 4.69) is 46.3 Å². The fourth-order valence-corrected chi connectivity index (χ4v) is 2.52. The van der Waals surface area contributed by atoms with Gasteiger partial charge in [-0.15, -0.1) is 0 Å². The standard InChI is InChI=1S/C20H33N3O3/c1-5-21-20(22-14-7-6-8-19(24)26-4)23-15-13-16(2)17-9-11-18(25-3)12-10-17/h9-12,16H,5-8,13-15H2,1-4H3,(H2,21,22,23). The van der Waals surface area contributed by atoms with Crippen molar-refractivity contribution < 1.29 is 14.3 Å². The van der Waals surface area contributed by atoms with Crippen LogP contribution in [0.4, 0.5) is 0 Å². The Morgan fingerprint density at radius 2 is 1.88 bits per heavy atom. The number of unbranched alkanes of at least 4 members (excludes halogenated alkanes) is 1. The highest BCUT2D eigenvalue weighted by molar-refractivity contribution is 5.79. The molecular formula is C20H33N3O3. The van der Waals surface area contributed by atoms with Crippen LogP contribution in [-0.4, -0.2) is 45.8 Å². The zero-order chi connectivity index (χ0) is 19.2. The van der Waals surface area contributed by atoms with Gasteiger partial charge in [-0.3, -0.25) is 9.79 Å². The molecule has 2 N–H and O–H groups in total. The van der Waals surface area contributed by atoms with Crippen molar-refractivity contribution in [2.45, 2.75) is 45.4 Å². The van der Waals surface area contributed by atoms with Crippen molar-refractivity contribution in [1.29, 1.82) is 0 Å². The van der Waals surface area contributed by atoms with Crippen LogP contribution in [-0.2, 0) is 9.53 Å². The lowest BCUT2D eigenvalue weighted by atomic mass is 9.98. The SMILES string of the molecule is CCNC(=NCCCCC(=O)OC)NCCC(C)c1ccc(OC)cc1. The van der Waals surface area contributed by atoms with Crippen molar-refractivity contribution in [2.75, 3.05) is 33.9 Å². The summed E-state index contributed by atoms with van der Waals surface area (Å²) in [7, 11) is 3.10. The molecule has 26 heavy (non-hydrogen) atoms. The monoisotopic (exact) mass is 363 g/mol. The van der Waals surface area contributed by atoms with Gasteiger partial charge in [-0.1, -0.05) is 19.1 Å². The minimum atomic E-state index is -0.161. The van der Waals surface area contributed by atoms with Crippen LogP contribution in [0.25, 0.3) is 0 Å². The largest absolute Gasteiger partial charge is 0.497 e. The van der Waals surface area contributed by atoms with E-state index in [9.17, 15) is 4.79 Å². The molecule has 1 unspecified atom stereocenters. The third-order valence-electron chi connectivity index (χ3n) is 4.19. The van der Waals surface area contributed by atoms with Crippen LogP contribution in [0.3, 0.4) is 0 Å². The molecule has 0 bridgehead atoms. The van der Waals surface area contributed by atoms with E-state index in [4.69, 9.17) is 4.74 Å². The van der Waals surface area contributed by atoms with Gasteiger partial charge in [-0.05, 0) is 49.8 Å². The predicted octanol–water partition coefficient (Wildman–Crippen LogP) is 3.09. The van der Waals surface area contributed by atoms with E-state index in [1.807, 2.05) is 12.1 Å². The van der Waals surface area contributed by atoms with Crippen LogP contribution in [0, 0.1) is 0 Å². The maximum absolute atomic E-state index is 11.1. The van der Waals surface area contributed by atoms with Gasteiger partial charge in [0.05, 0.1) is 14.2 Å². The fraction of sp³-hybridized carbons (Fsp3) is 0.600. The zero-order valence-corrected chi connectivity index (χ0v) is 16.5. The summed E-state index contributed by atoms with van der Waals surface area (Å²) in [5, 5.41) is 6.63. The summed E-state index contributed by atoms with van der Waals surface area (Å²) in [5.74, 6) is 2.00. The molecule has 1 aromatic carbocycles. The van der Waals surface area contributed by atoms with Crippen LogP contribution in [0.1, 0.15) is 51.0 Å². The molecule has 0 aliphatic rings. The van der Waals surface area contributed by atoms with Crippen LogP contribution >= 0.6 is 0 Å². The van der Waals surface area contributed by atoms with Gasteiger partial charge in [0.25, 0.3) is 0 Å². The van der Waals surface area contributed by atoms with E-state index in [1.54, 1.807) is 7.11 Å². The summed E-state index contributed by atoms with van der Waals surface area (Å²) >= 11 is 0. The molecule has 1 aromatic rings. The Hall–Kier alpha value is -2.24. The van der Waals surface area contributed by atoms with Gasteiger partial charge in [0, 0.05) is 26.1 Å². The predicted molar refractivity (Wildman–Crippen MR) is 106 cm³/mol. The molecule has 0 aliphatic heterocycles. The number of rotatable bonds is 11. The zero-order valence-electron chi connectivity index (χ0n) is 16.5. The van der Waals surface area contributed by atoms with E-state index < -0.39 is 0 Å². The summed E-state index contributed by atoms with van der Waals surface area (Å²) in [6.45, 7) is 6.64. The molecule has 0 aromatic heterocycles. The maximum atomic E-state index is 11.1. The number of aliphatic imine (C=N–C) groups is 1. The van der Waals surface area contributed by atoms with Crippen molar-refractivity contribution in [1.82, 2.24) is 10.6 Å². The summed E-state index contributed by atoms with van der Waals surface area (Å²) in [6.07, 6.45) is 3.13. The molecule has 0 fully saturated rings.